The van der Waals surface area contributed by atoms with Gasteiger partial charge in [0, 0.05) is 38.6 Å². The van der Waals surface area contributed by atoms with Crippen LogP contribution in [0, 0.1) is 11.8 Å². The summed E-state index contributed by atoms with van der Waals surface area (Å²) in [5.74, 6) is -10.4. The van der Waals surface area contributed by atoms with Gasteiger partial charge in [0.05, 0.1) is 26.1 Å². The molecular formula is C45H65N12O13+. The number of rotatable bonds is 16. The second kappa shape index (κ2) is 23.4. The summed E-state index contributed by atoms with van der Waals surface area (Å²) >= 11 is 0. The maximum atomic E-state index is 15.1. The Hall–Kier alpha value is -7.18. The average molecular weight is 982 g/mol. The average Bonchev–Trinajstić information content (AvgIpc) is 3.73. The number of nitrogens with two attached hydrogens (primary N) is 2. The second-order valence-electron chi connectivity index (χ2n) is 18.7. The summed E-state index contributed by atoms with van der Waals surface area (Å²) in [6.45, 7) is 5.33. The molecule has 25 nitrogen and oxygen atoms in total. The minimum Gasteiger partial charge on any atom is -0.508 e. The Morgan fingerprint density at radius 2 is 1.51 bits per heavy atom. The highest BCUT2D eigenvalue weighted by Gasteiger charge is 2.82. The van der Waals surface area contributed by atoms with E-state index in [-0.39, 0.29) is 50.3 Å². The summed E-state index contributed by atoms with van der Waals surface area (Å²) in [4.78, 5) is 164. The molecule has 0 aliphatic carbocycles. The van der Waals surface area contributed by atoms with Crippen LogP contribution in [0.5, 0.6) is 5.75 Å². The molecule has 382 valence electrons. The third kappa shape index (κ3) is 13.1. The van der Waals surface area contributed by atoms with E-state index < -0.39 is 169 Å². The molecule has 1 spiro atoms. The van der Waals surface area contributed by atoms with Crippen LogP contribution in [0.3, 0.4) is 0 Å². The first kappa shape index (κ1) is 53.8. The smallest absolute Gasteiger partial charge is 0.339 e. The minimum absolute atomic E-state index is 0.0588. The molecule has 4 saturated heterocycles. The fraction of sp³-hybridized carbons (Fsp3) is 0.600. The molecule has 4 fully saturated rings. The van der Waals surface area contributed by atoms with Crippen molar-refractivity contribution < 1.29 is 67.1 Å². The quantitative estimate of drug-likeness (QED) is 0.0550. The van der Waals surface area contributed by atoms with E-state index in [2.05, 4.69) is 42.5 Å². The Balaban J connectivity index is 1.50. The number of carbonyl (C=O) groups excluding carboxylic acids is 12. The zero-order chi connectivity index (χ0) is 51.6. The van der Waals surface area contributed by atoms with E-state index in [0.717, 1.165) is 0 Å². The fourth-order valence-electron chi connectivity index (χ4n) is 9.48. The van der Waals surface area contributed by atoms with Crippen LogP contribution >= 0.6 is 0 Å². The van der Waals surface area contributed by atoms with Crippen LogP contribution in [-0.4, -0.2) is 160 Å². The first-order chi connectivity index (χ1) is 33.1. The lowest BCUT2D eigenvalue weighted by atomic mass is 9.96. The zero-order valence-electron chi connectivity index (χ0n) is 39.7. The Labute approximate surface area is 403 Å². The van der Waals surface area contributed by atoms with E-state index in [1.165, 1.54) is 29.2 Å². The summed E-state index contributed by atoms with van der Waals surface area (Å²) in [6.07, 6.45) is -2.48. The number of phenols is 1. The van der Waals surface area contributed by atoms with Crippen molar-refractivity contribution in [1.29, 1.82) is 0 Å². The third-order valence-corrected chi connectivity index (χ3v) is 13.2. The number of phenolic OH excluding ortho intramolecular Hbond substituents is 1. The lowest BCUT2D eigenvalue weighted by Crippen LogP contribution is -2.63. The molecule has 25 heteroatoms. The molecule has 4 aliphatic rings. The molecule has 1 aromatic rings. The number of amides is 12. The van der Waals surface area contributed by atoms with Crippen molar-refractivity contribution >= 4 is 70.9 Å². The predicted molar refractivity (Wildman–Crippen MR) is 244 cm³/mol. The normalized spacial score (nSPS) is 27.2. The maximum Gasteiger partial charge on any atom is 0.339 e. The SMILES string of the molecule is CCC(C)C1NC(=O)C(Cc2ccc(O)cc2)NC(=O)CNC(=O)CCC(C(=O)NCC(=O)NC(CC(C)C)C(=O)NCC(N)=O)[N+]23C(=O)C(CC(=O)N4CCC2C43)NC(=O)C(CCC(N)=O)NC1=O. The van der Waals surface area contributed by atoms with Gasteiger partial charge < -0.3 is 59.1 Å². The standard InChI is InChI=1S/C45H64N12O13/c1-5-23(4)38-43(69)53-26(10-12-32(46)59)40(66)54-29-18-37(64)56-15-14-31-44(56)57(31,45(29)70)30(42(68)50-21-36(63)51-27(16-22(2)3)39(65)49-19-33(47)60)11-13-34(61)48-20-35(62)52-28(41(67)55-38)17-24-6-8-25(58)9-7-24/h6-9,22-23,26-31,38,44H,5,10-21H2,1-4H3,(H12-,46,47,48,49,50,51,52,53,54,55,58,59,60,61,62,63,65,66,67,68,69)/p+1. The number of primary amides is 2. The topological polar surface area (TPSA) is 377 Å². The van der Waals surface area contributed by atoms with Crippen molar-refractivity contribution in [1.82, 2.24) is 47.4 Å². The van der Waals surface area contributed by atoms with Crippen molar-refractivity contribution in [2.24, 2.45) is 23.3 Å². The fourth-order valence-corrected chi connectivity index (χ4v) is 9.48. The van der Waals surface area contributed by atoms with Crippen molar-refractivity contribution in [3.05, 3.63) is 29.8 Å². The van der Waals surface area contributed by atoms with Gasteiger partial charge in [-0.05, 0) is 42.4 Å². The van der Waals surface area contributed by atoms with Crippen LogP contribution in [-0.2, 0) is 64.0 Å². The highest BCUT2D eigenvalue weighted by Crippen LogP contribution is 2.54. The number of aromatic hydroxyl groups is 1. The number of hydrogen-bond donors (Lipinski definition) is 11. The van der Waals surface area contributed by atoms with Crippen molar-refractivity contribution in [3.8, 4) is 5.75 Å². The molecule has 2 bridgehead atoms. The highest BCUT2D eigenvalue weighted by molar-refractivity contribution is 5.99. The molecule has 0 saturated carbocycles. The van der Waals surface area contributed by atoms with Gasteiger partial charge in [0.25, 0.3) is 5.91 Å². The molecule has 70 heavy (non-hydrogen) atoms. The molecule has 1 aromatic carbocycles. The summed E-state index contributed by atoms with van der Waals surface area (Å²) in [6, 6.07) is -3.32. The molecular weight excluding hydrogens is 917 g/mol. The molecule has 12 amide bonds. The number of carbonyl (C=O) groups is 12. The lowest BCUT2D eigenvalue weighted by molar-refractivity contribution is -0.777. The predicted octanol–water partition coefficient (Wildman–Crippen LogP) is -4.60. The Morgan fingerprint density at radius 1 is 0.829 bits per heavy atom. The van der Waals surface area contributed by atoms with Gasteiger partial charge in [-0.3, -0.25) is 57.6 Å². The van der Waals surface area contributed by atoms with Gasteiger partial charge in [0.2, 0.25) is 65.2 Å². The molecule has 4 aliphatic heterocycles. The molecule has 0 radical (unpaired) electrons. The number of nitrogens with zero attached hydrogens (tertiary/aromatic N) is 2. The summed E-state index contributed by atoms with van der Waals surface area (Å²) in [5, 5.41) is 30.1. The van der Waals surface area contributed by atoms with E-state index in [9.17, 15) is 57.8 Å². The summed E-state index contributed by atoms with van der Waals surface area (Å²) in [5.41, 5.74) is 11.1. The van der Waals surface area contributed by atoms with Crippen LogP contribution < -0.4 is 54.0 Å². The minimum atomic E-state index is -1.60. The van der Waals surface area contributed by atoms with Crippen LogP contribution in [0.15, 0.2) is 24.3 Å². The zero-order valence-corrected chi connectivity index (χ0v) is 39.7. The van der Waals surface area contributed by atoms with Gasteiger partial charge in [0.1, 0.15) is 29.9 Å². The molecule has 4 heterocycles. The second-order valence-corrected chi connectivity index (χ2v) is 18.7. The van der Waals surface area contributed by atoms with E-state index >= 15 is 4.79 Å². The van der Waals surface area contributed by atoms with Gasteiger partial charge in [-0.25, -0.2) is 9.28 Å². The summed E-state index contributed by atoms with van der Waals surface area (Å²) < 4.78 is -0.719. The van der Waals surface area contributed by atoms with Crippen molar-refractivity contribution in [3.63, 3.8) is 0 Å². The number of nitrogens with one attached hydrogen (secondary N) is 8. The third-order valence-electron chi connectivity index (χ3n) is 13.2. The highest BCUT2D eigenvalue weighted by atomic mass is 16.3. The molecule has 10 atom stereocenters. The Kier molecular flexibility index (Phi) is 18.0. The van der Waals surface area contributed by atoms with Gasteiger partial charge in [0.15, 0.2) is 18.1 Å². The first-order valence-electron chi connectivity index (χ1n) is 23.5. The molecule has 10 unspecified atom stereocenters. The van der Waals surface area contributed by atoms with Gasteiger partial charge in [-0.15, -0.1) is 0 Å². The monoisotopic (exact) mass is 981 g/mol. The Bertz CT molecular complexity index is 2240. The first-order valence-corrected chi connectivity index (χ1v) is 23.5. The van der Waals surface area contributed by atoms with Gasteiger partial charge >= 0.3 is 5.91 Å². The van der Waals surface area contributed by atoms with Crippen LogP contribution in [0.4, 0.5) is 0 Å². The Morgan fingerprint density at radius 3 is 2.16 bits per heavy atom. The lowest BCUT2D eigenvalue weighted by Gasteiger charge is -2.32. The number of hydrogen-bond acceptors (Lipinski definition) is 13. The largest absolute Gasteiger partial charge is 0.508 e. The van der Waals surface area contributed by atoms with E-state index in [1.807, 2.05) is 0 Å². The van der Waals surface area contributed by atoms with Crippen LogP contribution in [0.25, 0.3) is 0 Å². The number of quaternary nitrogens is 1. The van der Waals surface area contributed by atoms with Crippen LogP contribution in [0.2, 0.25) is 0 Å². The number of benzene rings is 1. The van der Waals surface area contributed by atoms with E-state index in [1.54, 1.807) is 27.7 Å². The number of fused-ring (bicyclic) bond motifs is 1. The van der Waals surface area contributed by atoms with Crippen molar-refractivity contribution in [2.45, 2.75) is 134 Å². The molecule has 0 aromatic heterocycles. The van der Waals surface area contributed by atoms with Crippen LogP contribution in [0.1, 0.15) is 84.6 Å². The molecule has 5 rings (SSSR count). The van der Waals surface area contributed by atoms with E-state index in [0.29, 0.717) is 12.0 Å². The maximum absolute atomic E-state index is 15.1. The van der Waals surface area contributed by atoms with Gasteiger partial charge in [-0.1, -0.05) is 46.2 Å². The molecule has 13 N–H and O–H groups in total. The summed E-state index contributed by atoms with van der Waals surface area (Å²) in [7, 11) is 0. The van der Waals surface area contributed by atoms with E-state index in [4.69, 9.17) is 11.5 Å². The van der Waals surface area contributed by atoms with Crippen molar-refractivity contribution in [2.75, 3.05) is 26.2 Å². The van der Waals surface area contributed by atoms with Gasteiger partial charge in [-0.2, -0.15) is 0 Å².